The molecule has 1 unspecified atom stereocenters. The molecular formula is C65H98O5. The Bertz CT molecular complexity index is 1650. The molecule has 1 N–H and O–H groups in total. The smallest absolute Gasteiger partial charge is 0.306 e. The number of unbranched alkanes of at least 4 members (excludes halogenated alkanes) is 9. The van der Waals surface area contributed by atoms with E-state index in [2.05, 4.69) is 196 Å². The first-order chi connectivity index (χ1) is 34.6. The summed E-state index contributed by atoms with van der Waals surface area (Å²) in [6, 6.07) is 0. The predicted octanol–water partition coefficient (Wildman–Crippen LogP) is 18.7. The van der Waals surface area contributed by atoms with Gasteiger partial charge >= 0.3 is 11.9 Å². The zero-order valence-corrected chi connectivity index (χ0v) is 44.2. The maximum absolute atomic E-state index is 12.3. The lowest BCUT2D eigenvalue weighted by molar-refractivity contribution is -0.161. The van der Waals surface area contributed by atoms with Crippen molar-refractivity contribution in [1.82, 2.24) is 0 Å². The van der Waals surface area contributed by atoms with Crippen LogP contribution in [0.15, 0.2) is 182 Å². The summed E-state index contributed by atoms with van der Waals surface area (Å²) in [4.78, 5) is 24.4. The Balaban J connectivity index is 3.70. The number of carbonyl (C=O) groups excluding carboxylic acids is 2. The van der Waals surface area contributed by atoms with Crippen LogP contribution in [0.1, 0.15) is 194 Å². The monoisotopic (exact) mass is 959 g/mol. The van der Waals surface area contributed by atoms with E-state index < -0.39 is 6.10 Å². The molecule has 1 atom stereocenters. The molecule has 0 aliphatic carbocycles. The highest BCUT2D eigenvalue weighted by Gasteiger charge is 2.16. The van der Waals surface area contributed by atoms with Crippen LogP contribution in [0.4, 0.5) is 0 Å². The van der Waals surface area contributed by atoms with Crippen LogP contribution in [0.3, 0.4) is 0 Å². The van der Waals surface area contributed by atoms with Gasteiger partial charge in [0.1, 0.15) is 6.61 Å². The molecule has 0 aromatic carbocycles. The number of esters is 2. The van der Waals surface area contributed by atoms with Crippen LogP contribution < -0.4 is 0 Å². The molecule has 0 fully saturated rings. The van der Waals surface area contributed by atoms with Crippen LogP contribution in [0.25, 0.3) is 0 Å². The van der Waals surface area contributed by atoms with E-state index in [1.54, 1.807) is 0 Å². The van der Waals surface area contributed by atoms with Gasteiger partial charge in [0.15, 0.2) is 6.10 Å². The third kappa shape index (κ3) is 55.6. The van der Waals surface area contributed by atoms with Crippen molar-refractivity contribution in [3.05, 3.63) is 182 Å². The average molecular weight is 959 g/mol. The first-order valence-corrected chi connectivity index (χ1v) is 27.3. The van der Waals surface area contributed by atoms with Gasteiger partial charge in [-0.1, -0.05) is 228 Å². The Morgan fingerprint density at radius 2 is 0.571 bits per heavy atom. The zero-order chi connectivity index (χ0) is 50.6. The molecule has 5 heteroatoms. The van der Waals surface area contributed by atoms with E-state index in [1.807, 2.05) is 0 Å². The van der Waals surface area contributed by atoms with E-state index in [4.69, 9.17) is 9.47 Å². The highest BCUT2D eigenvalue weighted by atomic mass is 16.6. The molecule has 0 saturated carbocycles. The van der Waals surface area contributed by atoms with Crippen molar-refractivity contribution in [3.63, 3.8) is 0 Å². The lowest BCUT2D eigenvalue weighted by Crippen LogP contribution is -2.28. The largest absolute Gasteiger partial charge is 0.462 e. The first-order valence-electron chi connectivity index (χ1n) is 27.3. The van der Waals surface area contributed by atoms with E-state index in [1.165, 1.54) is 0 Å². The number of hydrogen-bond acceptors (Lipinski definition) is 5. The highest BCUT2D eigenvalue weighted by molar-refractivity contribution is 5.70. The second kappa shape index (κ2) is 58.3. The predicted molar refractivity (Wildman–Crippen MR) is 306 cm³/mol. The van der Waals surface area contributed by atoms with Crippen molar-refractivity contribution in [3.8, 4) is 0 Å². The molecule has 0 rings (SSSR count). The Hall–Kier alpha value is -5.00. The van der Waals surface area contributed by atoms with Crippen molar-refractivity contribution >= 4 is 11.9 Å². The van der Waals surface area contributed by atoms with Crippen LogP contribution >= 0.6 is 0 Å². The zero-order valence-electron chi connectivity index (χ0n) is 44.2. The van der Waals surface area contributed by atoms with E-state index in [-0.39, 0.29) is 25.2 Å². The number of ether oxygens (including phenoxy) is 2. The van der Waals surface area contributed by atoms with Gasteiger partial charge in [-0.25, -0.2) is 0 Å². The summed E-state index contributed by atoms with van der Waals surface area (Å²) in [6.07, 6.45) is 92.8. The van der Waals surface area contributed by atoms with Crippen LogP contribution in [-0.2, 0) is 19.1 Å². The van der Waals surface area contributed by atoms with E-state index in [0.29, 0.717) is 12.8 Å². The topological polar surface area (TPSA) is 72.8 Å². The van der Waals surface area contributed by atoms with Gasteiger partial charge in [-0.2, -0.15) is 0 Å². The molecule has 0 radical (unpaired) electrons. The van der Waals surface area contributed by atoms with Crippen LogP contribution in [0.2, 0.25) is 0 Å². The van der Waals surface area contributed by atoms with Gasteiger partial charge in [0.2, 0.25) is 0 Å². The van der Waals surface area contributed by atoms with Gasteiger partial charge in [-0.05, 0) is 135 Å². The molecule has 0 aliphatic heterocycles. The van der Waals surface area contributed by atoms with Gasteiger partial charge in [0.05, 0.1) is 6.61 Å². The highest BCUT2D eigenvalue weighted by Crippen LogP contribution is 2.11. The van der Waals surface area contributed by atoms with Gasteiger partial charge in [0, 0.05) is 12.8 Å². The van der Waals surface area contributed by atoms with Crippen LogP contribution in [0, 0.1) is 0 Å². The van der Waals surface area contributed by atoms with Gasteiger partial charge in [0.25, 0.3) is 0 Å². The molecule has 0 heterocycles. The molecule has 0 bridgehead atoms. The summed E-state index contributed by atoms with van der Waals surface area (Å²) in [5.74, 6) is -0.658. The number of hydrogen-bond donors (Lipinski definition) is 1. The Morgan fingerprint density at radius 1 is 0.329 bits per heavy atom. The fourth-order valence-electron chi connectivity index (χ4n) is 6.67. The summed E-state index contributed by atoms with van der Waals surface area (Å²) in [6.45, 7) is 3.85. The number of aliphatic hydroxyl groups is 1. The van der Waals surface area contributed by atoms with Crippen LogP contribution in [0.5, 0.6) is 0 Å². The third-order valence-corrected chi connectivity index (χ3v) is 10.7. The summed E-state index contributed by atoms with van der Waals surface area (Å²) in [5.41, 5.74) is 0. The summed E-state index contributed by atoms with van der Waals surface area (Å²) < 4.78 is 10.6. The fourth-order valence-corrected chi connectivity index (χ4v) is 6.67. The van der Waals surface area contributed by atoms with Crippen molar-refractivity contribution < 1.29 is 24.2 Å². The molecule has 0 aromatic heterocycles. The average Bonchev–Trinajstić information content (AvgIpc) is 3.36. The number of allylic oxidation sites excluding steroid dienone is 30. The maximum Gasteiger partial charge on any atom is 0.306 e. The molecule has 0 spiro atoms. The summed E-state index contributed by atoms with van der Waals surface area (Å²) in [5, 5.41) is 9.63. The van der Waals surface area contributed by atoms with Gasteiger partial charge in [-0.3, -0.25) is 9.59 Å². The molecule has 5 nitrogen and oxygen atoms in total. The minimum Gasteiger partial charge on any atom is -0.462 e. The normalized spacial score (nSPS) is 13.7. The molecule has 0 aliphatic rings. The van der Waals surface area contributed by atoms with E-state index >= 15 is 0 Å². The van der Waals surface area contributed by atoms with Crippen molar-refractivity contribution in [1.29, 1.82) is 0 Å². The standard InChI is InChI=1S/C65H98O5/c1-3-5-7-9-11-13-15-17-19-21-22-23-24-25-26-27-28-29-30-31-32-33-34-35-36-37-38-39-40-41-42-44-46-48-50-52-54-56-58-60-65(68)70-63(61-66)62-69-64(67)59-57-55-53-51-49-47-45-43-20-18-16-14-12-10-8-6-4-2/h5-8,11-14,17-20,22-23,25-26,28-29,31-32,34-35,37-38,40-41,44-47,63,66H,3-4,9-10,15-16,21,24,27,30,33,36,39,42-43,48-62H2,1-2H3/b7-5-,8-6-,13-11-,14-12-,19-17-,20-18-,23-22-,26-25-,29-28-,32-31-,35-34-,38-37-,41-40-,46-44-,47-45-. The van der Waals surface area contributed by atoms with E-state index in [9.17, 15) is 14.7 Å². The maximum atomic E-state index is 12.3. The second-order valence-electron chi connectivity index (χ2n) is 17.2. The number of aliphatic hydroxyl groups excluding tert-OH is 1. The molecular weight excluding hydrogens is 861 g/mol. The summed E-state index contributed by atoms with van der Waals surface area (Å²) in [7, 11) is 0. The van der Waals surface area contributed by atoms with Gasteiger partial charge < -0.3 is 14.6 Å². The number of carbonyl (C=O) groups is 2. The Kier molecular flexibility index (Phi) is 54.1. The van der Waals surface area contributed by atoms with Crippen molar-refractivity contribution in [2.24, 2.45) is 0 Å². The van der Waals surface area contributed by atoms with Crippen molar-refractivity contribution in [2.45, 2.75) is 200 Å². The summed E-state index contributed by atoms with van der Waals surface area (Å²) >= 11 is 0. The molecule has 0 saturated heterocycles. The Labute approximate surface area is 429 Å². The second-order valence-corrected chi connectivity index (χ2v) is 17.2. The van der Waals surface area contributed by atoms with Crippen LogP contribution in [-0.4, -0.2) is 36.4 Å². The fraction of sp³-hybridized carbons (Fsp3) is 0.508. The van der Waals surface area contributed by atoms with Crippen molar-refractivity contribution in [2.75, 3.05) is 13.2 Å². The molecule has 0 amide bonds. The number of rotatable bonds is 47. The minimum absolute atomic E-state index is 0.0993. The third-order valence-electron chi connectivity index (χ3n) is 10.7. The van der Waals surface area contributed by atoms with E-state index in [0.717, 1.165) is 167 Å². The first kappa shape index (κ1) is 65.0. The lowest BCUT2D eigenvalue weighted by atomic mass is 10.1. The minimum atomic E-state index is -0.808. The molecule has 0 aromatic rings. The SMILES string of the molecule is CC/C=C\C/C=C\C/C=C\C/C=C\C/C=C\C/C=C\C/C=C\C/C=C\C/C=C\C/C=C\C/C=C\CCCCCCCC(=O)OC(CO)COC(=O)CCCCCC/C=C\C/C=C\C/C=C\C/C=C\CC. The van der Waals surface area contributed by atoms with Gasteiger partial charge in [-0.15, -0.1) is 0 Å². The molecule has 70 heavy (non-hydrogen) atoms. The molecule has 388 valence electrons. The lowest BCUT2D eigenvalue weighted by Gasteiger charge is -2.15. The quantitative estimate of drug-likeness (QED) is 0.0374. The Morgan fingerprint density at radius 3 is 0.857 bits per heavy atom.